The van der Waals surface area contributed by atoms with Crippen LogP contribution < -0.4 is 9.47 Å². The number of rotatable bonds is 8. The van der Waals surface area contributed by atoms with E-state index in [1.165, 1.54) is 9.80 Å². The maximum absolute atomic E-state index is 12.8. The lowest BCUT2D eigenvalue weighted by Gasteiger charge is -2.27. The molecule has 3 rings (SSSR count). The van der Waals surface area contributed by atoms with Crippen LogP contribution in [0.1, 0.15) is 52.0 Å². The Bertz CT molecular complexity index is 971. The van der Waals surface area contributed by atoms with Crippen LogP contribution in [0.2, 0.25) is 0 Å². The molecule has 192 valence electrons. The summed E-state index contributed by atoms with van der Waals surface area (Å²) in [4.78, 5) is 51.9. The molecule has 10 nitrogen and oxygen atoms in total. The Hall–Kier alpha value is -3.30. The first-order chi connectivity index (χ1) is 16.5. The lowest BCUT2D eigenvalue weighted by atomic mass is 10.1. The Morgan fingerprint density at radius 2 is 1.40 bits per heavy atom. The Labute approximate surface area is 205 Å². The number of ether oxygens (including phenoxy) is 3. The Kier molecular flexibility index (Phi) is 8.24. The highest BCUT2D eigenvalue weighted by molar-refractivity contribution is 5.86. The van der Waals surface area contributed by atoms with Crippen LogP contribution in [0.15, 0.2) is 18.2 Å². The van der Waals surface area contributed by atoms with Crippen LogP contribution in [0.3, 0.4) is 0 Å². The second kappa shape index (κ2) is 11.0. The number of amides is 2. The molecule has 1 aromatic carbocycles. The van der Waals surface area contributed by atoms with E-state index in [4.69, 9.17) is 14.2 Å². The van der Waals surface area contributed by atoms with Gasteiger partial charge in [-0.05, 0) is 65.5 Å². The van der Waals surface area contributed by atoms with Crippen LogP contribution in [-0.4, -0.2) is 82.6 Å². The molecule has 0 aromatic heterocycles. The fraction of sp³-hybridized carbons (Fsp3) is 0.600. The molecule has 2 amide bonds. The van der Waals surface area contributed by atoms with Gasteiger partial charge in [-0.15, -0.1) is 0 Å². The van der Waals surface area contributed by atoms with Gasteiger partial charge in [0.15, 0.2) is 13.2 Å². The van der Waals surface area contributed by atoms with Gasteiger partial charge in [0.25, 0.3) is 11.8 Å². The number of hydrogen-bond acceptors (Lipinski definition) is 7. The van der Waals surface area contributed by atoms with Crippen molar-refractivity contribution < 1.29 is 38.5 Å². The summed E-state index contributed by atoms with van der Waals surface area (Å²) >= 11 is 0. The molecule has 0 aliphatic carbocycles. The van der Waals surface area contributed by atoms with E-state index in [-0.39, 0.29) is 19.1 Å². The van der Waals surface area contributed by atoms with Gasteiger partial charge in [0.05, 0.1) is 0 Å². The number of nitrogens with zero attached hydrogens (tertiary/aromatic N) is 2. The largest absolute Gasteiger partial charge is 0.483 e. The third-order valence-electron chi connectivity index (χ3n) is 6.05. The van der Waals surface area contributed by atoms with E-state index in [0.717, 1.165) is 0 Å². The second-order valence-corrected chi connectivity index (χ2v) is 9.82. The SMILES string of the molecule is Cc1c(OCC(=O)N2CCCC2C(=O)O)cccc1OCC(=O)N1CCCC1C(=O)OC(C)(C)C. The molecule has 2 aliphatic heterocycles. The third kappa shape index (κ3) is 6.64. The minimum absolute atomic E-state index is 0.253. The number of aliphatic carboxylic acids is 1. The smallest absolute Gasteiger partial charge is 0.329 e. The predicted molar refractivity (Wildman–Crippen MR) is 125 cm³/mol. The molecular formula is C25H34N2O8. The quantitative estimate of drug-likeness (QED) is 0.550. The Balaban J connectivity index is 1.57. The third-order valence-corrected chi connectivity index (χ3v) is 6.05. The van der Waals surface area contributed by atoms with Gasteiger partial charge in [-0.3, -0.25) is 9.59 Å². The van der Waals surface area contributed by atoms with Gasteiger partial charge in [0.1, 0.15) is 29.2 Å². The first-order valence-corrected chi connectivity index (χ1v) is 11.9. The molecular weight excluding hydrogens is 456 g/mol. The van der Waals surface area contributed by atoms with E-state index in [9.17, 15) is 24.3 Å². The zero-order chi connectivity index (χ0) is 25.8. The monoisotopic (exact) mass is 490 g/mol. The number of benzene rings is 1. The Morgan fingerprint density at radius 1 is 0.914 bits per heavy atom. The van der Waals surface area contributed by atoms with Crippen molar-refractivity contribution in [3.8, 4) is 11.5 Å². The number of carboxylic acid groups (broad SMARTS) is 1. The molecule has 0 bridgehead atoms. The van der Waals surface area contributed by atoms with Crippen LogP contribution in [0, 0.1) is 6.92 Å². The van der Waals surface area contributed by atoms with Crippen molar-refractivity contribution in [1.29, 1.82) is 0 Å². The van der Waals surface area contributed by atoms with Crippen molar-refractivity contribution in [2.24, 2.45) is 0 Å². The molecule has 10 heteroatoms. The first-order valence-electron chi connectivity index (χ1n) is 11.9. The van der Waals surface area contributed by atoms with Crippen molar-refractivity contribution >= 4 is 23.8 Å². The average Bonchev–Trinajstić information content (AvgIpc) is 3.46. The standard InChI is InChI=1S/C25H34N2O8/c1-16-19(33-14-21(28)26-12-6-8-17(26)23(30)31)10-5-11-20(16)34-15-22(29)27-13-7-9-18(27)24(32)35-25(2,3)4/h5,10-11,17-18H,6-9,12-15H2,1-4H3,(H,30,31). The zero-order valence-electron chi connectivity index (χ0n) is 20.7. The molecule has 2 atom stereocenters. The topological polar surface area (TPSA) is 123 Å². The number of carboxylic acids is 1. The highest BCUT2D eigenvalue weighted by Gasteiger charge is 2.37. The molecule has 0 radical (unpaired) electrons. The molecule has 35 heavy (non-hydrogen) atoms. The van der Waals surface area contributed by atoms with Gasteiger partial charge in [-0.2, -0.15) is 0 Å². The van der Waals surface area contributed by atoms with Crippen LogP contribution in [0.25, 0.3) is 0 Å². The molecule has 1 aromatic rings. The summed E-state index contributed by atoms with van der Waals surface area (Å²) < 4.78 is 16.8. The summed E-state index contributed by atoms with van der Waals surface area (Å²) in [5.74, 6) is -1.31. The van der Waals surface area contributed by atoms with Crippen LogP contribution in [-0.2, 0) is 23.9 Å². The molecule has 2 aliphatic rings. The molecule has 2 saturated heterocycles. The molecule has 1 N–H and O–H groups in total. The fourth-order valence-electron chi connectivity index (χ4n) is 4.35. The number of carbonyl (C=O) groups is 4. The van der Waals surface area contributed by atoms with Gasteiger partial charge in [-0.25, -0.2) is 9.59 Å². The fourth-order valence-corrected chi connectivity index (χ4v) is 4.35. The minimum Gasteiger partial charge on any atom is -0.483 e. The summed E-state index contributed by atoms with van der Waals surface area (Å²) in [5, 5.41) is 9.27. The lowest BCUT2D eigenvalue weighted by molar-refractivity contribution is -0.163. The van der Waals surface area contributed by atoms with Crippen molar-refractivity contribution in [3.05, 3.63) is 23.8 Å². The summed E-state index contributed by atoms with van der Waals surface area (Å²) in [5.41, 5.74) is -0.0259. The van der Waals surface area contributed by atoms with E-state index < -0.39 is 35.5 Å². The molecule has 2 fully saturated rings. The van der Waals surface area contributed by atoms with Gasteiger partial charge in [0, 0.05) is 18.7 Å². The molecule has 2 heterocycles. The van der Waals surface area contributed by atoms with Gasteiger partial charge in [0.2, 0.25) is 0 Å². The van der Waals surface area contributed by atoms with Crippen LogP contribution >= 0.6 is 0 Å². The number of carbonyl (C=O) groups excluding carboxylic acids is 3. The van der Waals surface area contributed by atoms with Crippen LogP contribution in [0.5, 0.6) is 11.5 Å². The van der Waals surface area contributed by atoms with E-state index in [0.29, 0.717) is 55.8 Å². The maximum Gasteiger partial charge on any atom is 0.329 e. The minimum atomic E-state index is -1.01. The maximum atomic E-state index is 12.8. The number of hydrogen-bond donors (Lipinski definition) is 1. The second-order valence-electron chi connectivity index (χ2n) is 9.82. The van der Waals surface area contributed by atoms with Gasteiger partial charge in [-0.1, -0.05) is 6.07 Å². The zero-order valence-corrected chi connectivity index (χ0v) is 20.7. The molecule has 0 spiro atoms. The normalized spacial score (nSPS) is 20.0. The van der Waals surface area contributed by atoms with E-state index in [1.807, 2.05) is 0 Å². The first kappa shape index (κ1) is 26.3. The Morgan fingerprint density at radius 3 is 1.89 bits per heavy atom. The van der Waals surface area contributed by atoms with Crippen molar-refractivity contribution in [3.63, 3.8) is 0 Å². The summed E-state index contributed by atoms with van der Waals surface area (Å²) in [6, 6.07) is 3.61. The molecule has 2 unspecified atom stereocenters. The highest BCUT2D eigenvalue weighted by Crippen LogP contribution is 2.28. The summed E-state index contributed by atoms with van der Waals surface area (Å²) in [6.07, 6.45) is 2.34. The van der Waals surface area contributed by atoms with E-state index in [1.54, 1.807) is 45.9 Å². The van der Waals surface area contributed by atoms with Crippen molar-refractivity contribution in [1.82, 2.24) is 9.80 Å². The number of esters is 1. The summed E-state index contributed by atoms with van der Waals surface area (Å²) in [6.45, 7) is 7.42. The van der Waals surface area contributed by atoms with Gasteiger partial charge < -0.3 is 29.1 Å². The predicted octanol–water partition coefficient (Wildman–Crippen LogP) is 2.16. The number of likely N-dealkylation sites (tertiary alicyclic amines) is 2. The highest BCUT2D eigenvalue weighted by atomic mass is 16.6. The van der Waals surface area contributed by atoms with E-state index >= 15 is 0 Å². The van der Waals surface area contributed by atoms with Gasteiger partial charge >= 0.3 is 11.9 Å². The van der Waals surface area contributed by atoms with Crippen LogP contribution in [0.4, 0.5) is 0 Å². The van der Waals surface area contributed by atoms with Crippen molar-refractivity contribution in [2.75, 3.05) is 26.3 Å². The molecule has 0 saturated carbocycles. The summed E-state index contributed by atoms with van der Waals surface area (Å²) in [7, 11) is 0. The lowest BCUT2D eigenvalue weighted by Crippen LogP contribution is -2.45. The van der Waals surface area contributed by atoms with Crippen molar-refractivity contribution in [2.45, 2.75) is 71.1 Å². The van der Waals surface area contributed by atoms with E-state index in [2.05, 4.69) is 0 Å². The average molecular weight is 491 g/mol.